The highest BCUT2D eigenvalue weighted by Crippen LogP contribution is 2.43. The number of furan rings is 1. The van der Waals surface area contributed by atoms with Gasteiger partial charge in [-0.1, -0.05) is 78.9 Å². The monoisotopic (exact) mass is 759 g/mol. The average molecular weight is 760 g/mol. The Hall–Kier alpha value is -8.03. The molecule has 6 aromatic heterocycles. The number of aryl methyl sites for hydroxylation is 1. The third kappa shape index (κ3) is 5.11. The van der Waals surface area contributed by atoms with Gasteiger partial charge in [-0.05, 0) is 115 Å². The Kier molecular flexibility index (Phi) is 7.16. The fraction of sp³-hybridized carbons (Fsp3) is 0.0192. The van der Waals surface area contributed by atoms with Crippen LogP contribution in [-0.2, 0) is 0 Å². The summed E-state index contributed by atoms with van der Waals surface area (Å²) in [6, 6.07) is 60.1. The summed E-state index contributed by atoms with van der Waals surface area (Å²) in [6.45, 7) is 1.98. The molecule has 59 heavy (non-hydrogen) atoms. The number of phenols is 1. The molecule has 1 N–H and O–H groups in total. The second kappa shape index (κ2) is 12.7. The molecule has 278 valence electrons. The lowest BCUT2D eigenvalue weighted by molar-refractivity contribution is 0.477. The minimum absolute atomic E-state index is 0.190. The van der Waals surface area contributed by atoms with Gasteiger partial charge in [-0.2, -0.15) is 0 Å². The molecule has 0 radical (unpaired) electrons. The van der Waals surface area contributed by atoms with Crippen molar-refractivity contribution in [3.05, 3.63) is 182 Å². The van der Waals surface area contributed by atoms with Gasteiger partial charge >= 0.3 is 0 Å². The molecule has 0 aliphatic heterocycles. The van der Waals surface area contributed by atoms with E-state index >= 15 is 0 Å². The smallest absolute Gasteiger partial charge is 0.227 e. The number of benzene rings is 6. The van der Waals surface area contributed by atoms with E-state index in [1.807, 2.05) is 61.5 Å². The van der Waals surface area contributed by atoms with Crippen molar-refractivity contribution in [1.82, 2.24) is 24.1 Å². The van der Waals surface area contributed by atoms with Crippen molar-refractivity contribution in [3.8, 4) is 50.8 Å². The van der Waals surface area contributed by atoms with E-state index in [0.717, 1.165) is 99.7 Å². The molecule has 0 saturated heterocycles. The van der Waals surface area contributed by atoms with Crippen LogP contribution >= 0.6 is 0 Å². The largest absolute Gasteiger partial charge is 0.507 e. The molecule has 0 unspecified atom stereocenters. The Morgan fingerprint density at radius 2 is 1.03 bits per heavy atom. The van der Waals surface area contributed by atoms with E-state index < -0.39 is 0 Å². The van der Waals surface area contributed by atoms with Crippen LogP contribution in [0.15, 0.2) is 180 Å². The highest BCUT2D eigenvalue weighted by Gasteiger charge is 2.23. The molecule has 0 spiro atoms. The van der Waals surface area contributed by atoms with Crippen molar-refractivity contribution in [2.45, 2.75) is 6.92 Å². The van der Waals surface area contributed by atoms with Crippen molar-refractivity contribution in [1.29, 1.82) is 0 Å². The molecule has 0 atom stereocenters. The van der Waals surface area contributed by atoms with Crippen LogP contribution in [0.5, 0.6) is 5.75 Å². The van der Waals surface area contributed by atoms with Gasteiger partial charge in [0.05, 0.1) is 44.5 Å². The predicted molar refractivity (Wildman–Crippen MR) is 238 cm³/mol. The molecule has 0 saturated carbocycles. The van der Waals surface area contributed by atoms with E-state index in [-0.39, 0.29) is 5.75 Å². The van der Waals surface area contributed by atoms with Crippen LogP contribution in [0.2, 0.25) is 0 Å². The fourth-order valence-corrected chi connectivity index (χ4v) is 8.80. The number of hydrogen-bond acceptors (Lipinski definition) is 5. The van der Waals surface area contributed by atoms with Gasteiger partial charge in [0.15, 0.2) is 0 Å². The number of aromatic hydroxyl groups is 1. The van der Waals surface area contributed by atoms with E-state index in [1.54, 1.807) is 6.07 Å². The number of aromatic nitrogens is 5. The maximum atomic E-state index is 10.9. The molecule has 0 fully saturated rings. The van der Waals surface area contributed by atoms with Crippen LogP contribution in [0, 0.1) is 6.92 Å². The summed E-state index contributed by atoms with van der Waals surface area (Å²) in [6.07, 6.45) is 0. The zero-order valence-corrected chi connectivity index (χ0v) is 31.8. The Balaban J connectivity index is 1.11. The standard InChI is InChI=1S/C52H33N5O2/c1-31-16-22-38-37-23-19-34(30-47(37)59-52(38)53-31)32-17-20-36(21-18-32)57-43-29-28-42-49(48(43)50-44(57)26-24-40(54-50)33-10-4-2-5-11-33)51-45(56(42)35-12-6-3-7-13-35)27-25-41(55-51)39-14-8-9-15-46(39)58/h2-30,58H,1H3. The zero-order chi connectivity index (χ0) is 39.2. The van der Waals surface area contributed by atoms with Gasteiger partial charge in [-0.3, -0.25) is 0 Å². The van der Waals surface area contributed by atoms with Crippen molar-refractivity contribution < 1.29 is 9.52 Å². The number of nitrogens with zero attached hydrogens (tertiary/aromatic N) is 5. The predicted octanol–water partition coefficient (Wildman–Crippen LogP) is 13.0. The SMILES string of the molecule is Cc1ccc2c(n1)oc1cc(-c3ccc(-n4c5ccc(-c6ccccc6)nc5c5c6c7nc(-c8ccccc8O)ccc7n(-c7ccccc7)c6ccc54)cc3)ccc12. The van der Waals surface area contributed by atoms with Crippen molar-refractivity contribution in [3.63, 3.8) is 0 Å². The van der Waals surface area contributed by atoms with E-state index in [9.17, 15) is 5.11 Å². The number of para-hydroxylation sites is 2. The van der Waals surface area contributed by atoms with Gasteiger partial charge < -0.3 is 18.7 Å². The molecule has 12 rings (SSSR count). The fourth-order valence-electron chi connectivity index (χ4n) is 8.80. The minimum Gasteiger partial charge on any atom is -0.507 e. The molecule has 0 bridgehead atoms. The highest BCUT2D eigenvalue weighted by atomic mass is 16.3. The number of hydrogen-bond donors (Lipinski definition) is 1. The highest BCUT2D eigenvalue weighted by molar-refractivity contribution is 6.27. The van der Waals surface area contributed by atoms with Crippen molar-refractivity contribution in [2.24, 2.45) is 0 Å². The third-order valence-electron chi connectivity index (χ3n) is 11.5. The summed E-state index contributed by atoms with van der Waals surface area (Å²) in [4.78, 5) is 15.4. The lowest BCUT2D eigenvalue weighted by Gasteiger charge is -2.10. The van der Waals surface area contributed by atoms with E-state index in [0.29, 0.717) is 17.0 Å². The molecular weight excluding hydrogens is 727 g/mol. The molecule has 0 aliphatic carbocycles. The Labute approximate surface area is 337 Å². The molecule has 7 heteroatoms. The summed E-state index contributed by atoms with van der Waals surface area (Å²) in [5.74, 6) is 0.190. The molecule has 0 aliphatic rings. The van der Waals surface area contributed by atoms with Crippen LogP contribution in [0.25, 0.3) is 111 Å². The van der Waals surface area contributed by atoms with Crippen LogP contribution < -0.4 is 0 Å². The number of fused-ring (bicyclic) bond motifs is 10. The molecule has 6 heterocycles. The maximum Gasteiger partial charge on any atom is 0.227 e. The van der Waals surface area contributed by atoms with Gasteiger partial charge in [0.25, 0.3) is 0 Å². The third-order valence-corrected chi connectivity index (χ3v) is 11.5. The molecule has 0 amide bonds. The van der Waals surface area contributed by atoms with Gasteiger partial charge in [0.2, 0.25) is 5.71 Å². The Bertz CT molecular complexity index is 3620. The summed E-state index contributed by atoms with van der Waals surface area (Å²) in [5.41, 5.74) is 15.7. The normalized spacial score (nSPS) is 11.9. The summed E-state index contributed by atoms with van der Waals surface area (Å²) in [7, 11) is 0. The topological polar surface area (TPSA) is 81.9 Å². The van der Waals surface area contributed by atoms with E-state index in [2.05, 4.69) is 129 Å². The van der Waals surface area contributed by atoms with Crippen LogP contribution in [0.1, 0.15) is 5.69 Å². The van der Waals surface area contributed by atoms with Gasteiger partial charge in [0, 0.05) is 49.7 Å². The number of rotatable bonds is 5. The first kappa shape index (κ1) is 33.1. The minimum atomic E-state index is 0.190. The quantitative estimate of drug-likeness (QED) is 0.189. The van der Waals surface area contributed by atoms with Gasteiger partial charge in [-0.15, -0.1) is 0 Å². The number of phenolic OH excluding ortho intramolecular Hbond substituents is 1. The zero-order valence-electron chi connectivity index (χ0n) is 31.8. The summed E-state index contributed by atoms with van der Waals surface area (Å²) < 4.78 is 10.8. The molecule has 6 aromatic carbocycles. The second-order valence-electron chi connectivity index (χ2n) is 15.0. The second-order valence-corrected chi connectivity index (χ2v) is 15.0. The molecule has 12 aromatic rings. The van der Waals surface area contributed by atoms with Gasteiger partial charge in [-0.25, -0.2) is 15.0 Å². The summed E-state index contributed by atoms with van der Waals surface area (Å²) in [5, 5.41) is 15.0. The number of pyridine rings is 3. The molecule has 7 nitrogen and oxygen atoms in total. The Morgan fingerprint density at radius 3 is 1.75 bits per heavy atom. The van der Waals surface area contributed by atoms with Crippen LogP contribution in [-0.4, -0.2) is 29.2 Å². The van der Waals surface area contributed by atoms with Crippen LogP contribution in [0.3, 0.4) is 0 Å². The maximum absolute atomic E-state index is 10.9. The first-order chi connectivity index (χ1) is 29.1. The summed E-state index contributed by atoms with van der Waals surface area (Å²) >= 11 is 0. The van der Waals surface area contributed by atoms with Gasteiger partial charge in [0.1, 0.15) is 11.3 Å². The van der Waals surface area contributed by atoms with Crippen LogP contribution in [0.4, 0.5) is 0 Å². The van der Waals surface area contributed by atoms with Crippen molar-refractivity contribution in [2.75, 3.05) is 0 Å². The van der Waals surface area contributed by atoms with E-state index in [1.165, 1.54) is 0 Å². The first-order valence-electron chi connectivity index (χ1n) is 19.7. The Morgan fingerprint density at radius 1 is 0.458 bits per heavy atom. The lowest BCUT2D eigenvalue weighted by Crippen LogP contribution is -1.95. The van der Waals surface area contributed by atoms with E-state index in [4.69, 9.17) is 14.4 Å². The average Bonchev–Trinajstić information content (AvgIpc) is 3.93. The van der Waals surface area contributed by atoms with Crippen molar-refractivity contribution >= 4 is 65.9 Å². The lowest BCUT2D eigenvalue weighted by atomic mass is 10.0. The molecular formula is C52H33N5O2. The first-order valence-corrected chi connectivity index (χ1v) is 19.7.